The summed E-state index contributed by atoms with van der Waals surface area (Å²) in [5.41, 5.74) is 3.78. The topological polar surface area (TPSA) is 67.2 Å². The van der Waals surface area contributed by atoms with Crippen LogP contribution < -0.4 is 10.2 Å². The Morgan fingerprint density at radius 1 is 1.17 bits per heavy atom. The quantitative estimate of drug-likeness (QED) is 0.669. The Labute approximate surface area is 178 Å². The van der Waals surface area contributed by atoms with Crippen LogP contribution in [0.1, 0.15) is 35.0 Å². The van der Waals surface area contributed by atoms with Crippen LogP contribution in [0.15, 0.2) is 42.5 Å². The lowest BCUT2D eigenvalue weighted by atomic mass is 10.0. The van der Waals surface area contributed by atoms with Gasteiger partial charge in [-0.1, -0.05) is 11.6 Å². The smallest absolute Gasteiger partial charge is 0.260 e. The number of hydrogen-bond donors (Lipinski definition) is 1. The molecule has 0 radical (unpaired) electrons. The standard InChI is InChI=1S/C22H20ClFN4O2/c1-13-20(21(23)28(26-13)18-8-5-16(24)6-9-18)22(30)25-17-7-10-19-15(12-17)4-3-11-27(19)14(2)29/h5-10,12H,3-4,11H2,1-2H3,(H,25,30). The van der Waals surface area contributed by atoms with Gasteiger partial charge in [-0.05, 0) is 67.8 Å². The van der Waals surface area contributed by atoms with E-state index in [9.17, 15) is 14.0 Å². The average Bonchev–Trinajstić information content (AvgIpc) is 3.02. The number of nitrogens with zero attached hydrogens (tertiary/aromatic N) is 3. The summed E-state index contributed by atoms with van der Waals surface area (Å²) in [5, 5.41) is 7.35. The van der Waals surface area contributed by atoms with Crippen molar-refractivity contribution in [2.45, 2.75) is 26.7 Å². The minimum Gasteiger partial charge on any atom is -0.322 e. The molecule has 0 aliphatic carbocycles. The van der Waals surface area contributed by atoms with Gasteiger partial charge in [0.05, 0.1) is 11.4 Å². The van der Waals surface area contributed by atoms with Gasteiger partial charge in [0.15, 0.2) is 0 Å². The molecule has 0 bridgehead atoms. The van der Waals surface area contributed by atoms with E-state index < -0.39 is 0 Å². The van der Waals surface area contributed by atoms with Gasteiger partial charge in [0.2, 0.25) is 5.91 Å². The summed E-state index contributed by atoms with van der Waals surface area (Å²) in [7, 11) is 0. The highest BCUT2D eigenvalue weighted by Crippen LogP contribution is 2.31. The highest BCUT2D eigenvalue weighted by atomic mass is 35.5. The van der Waals surface area contributed by atoms with Gasteiger partial charge in [-0.25, -0.2) is 9.07 Å². The van der Waals surface area contributed by atoms with Gasteiger partial charge >= 0.3 is 0 Å². The Bertz CT molecular complexity index is 1140. The summed E-state index contributed by atoms with van der Waals surface area (Å²) in [5.74, 6) is -0.749. The molecule has 0 spiro atoms. The fourth-order valence-corrected chi connectivity index (χ4v) is 4.06. The number of hydrogen-bond acceptors (Lipinski definition) is 3. The number of rotatable bonds is 3. The molecule has 0 unspecified atom stereocenters. The monoisotopic (exact) mass is 426 g/mol. The average molecular weight is 427 g/mol. The molecule has 2 amide bonds. The number of aryl methyl sites for hydroxylation is 2. The highest BCUT2D eigenvalue weighted by Gasteiger charge is 2.23. The second kappa shape index (κ2) is 7.91. The number of fused-ring (bicyclic) bond motifs is 1. The van der Waals surface area contributed by atoms with Crippen LogP contribution in [0.2, 0.25) is 5.15 Å². The second-order valence-corrected chi connectivity index (χ2v) is 7.57. The van der Waals surface area contributed by atoms with Crippen molar-refractivity contribution in [2.75, 3.05) is 16.8 Å². The Kier molecular flexibility index (Phi) is 5.30. The largest absolute Gasteiger partial charge is 0.322 e. The molecule has 1 N–H and O–H groups in total. The van der Waals surface area contributed by atoms with E-state index in [-0.39, 0.29) is 28.3 Å². The first-order valence-corrected chi connectivity index (χ1v) is 9.96. The van der Waals surface area contributed by atoms with E-state index in [0.717, 1.165) is 24.1 Å². The van der Waals surface area contributed by atoms with Crippen molar-refractivity contribution in [1.82, 2.24) is 9.78 Å². The van der Waals surface area contributed by atoms with Crippen molar-refractivity contribution in [1.29, 1.82) is 0 Å². The van der Waals surface area contributed by atoms with Crippen molar-refractivity contribution < 1.29 is 14.0 Å². The SMILES string of the molecule is CC(=O)N1CCCc2cc(NC(=O)c3c(C)nn(-c4ccc(F)cc4)c3Cl)ccc21. The van der Waals surface area contributed by atoms with E-state index in [1.807, 2.05) is 12.1 Å². The van der Waals surface area contributed by atoms with Crippen molar-refractivity contribution in [2.24, 2.45) is 0 Å². The van der Waals surface area contributed by atoms with Gasteiger partial charge in [-0.2, -0.15) is 5.10 Å². The van der Waals surface area contributed by atoms with Crippen LogP contribution in [0, 0.1) is 12.7 Å². The molecule has 154 valence electrons. The number of carbonyl (C=O) groups excluding carboxylic acids is 2. The molecule has 4 rings (SSSR count). The Balaban J connectivity index is 1.60. The molecule has 2 heterocycles. The molecule has 30 heavy (non-hydrogen) atoms. The summed E-state index contributed by atoms with van der Waals surface area (Å²) in [6.45, 7) is 3.94. The highest BCUT2D eigenvalue weighted by molar-refractivity contribution is 6.34. The first kappa shape index (κ1) is 20.1. The summed E-state index contributed by atoms with van der Waals surface area (Å²) < 4.78 is 14.6. The number of carbonyl (C=O) groups is 2. The van der Waals surface area contributed by atoms with Crippen LogP contribution in [0.25, 0.3) is 5.69 Å². The lowest BCUT2D eigenvalue weighted by Gasteiger charge is -2.29. The summed E-state index contributed by atoms with van der Waals surface area (Å²) >= 11 is 6.44. The van der Waals surface area contributed by atoms with Gasteiger partial charge < -0.3 is 10.2 Å². The van der Waals surface area contributed by atoms with E-state index in [1.54, 1.807) is 36.9 Å². The minimum atomic E-state index is -0.384. The molecule has 8 heteroatoms. The molecule has 0 saturated heterocycles. The third kappa shape index (κ3) is 3.68. The minimum absolute atomic E-state index is 0.00310. The molecule has 0 fully saturated rings. The zero-order chi connectivity index (χ0) is 21.4. The normalized spacial score (nSPS) is 13.1. The van der Waals surface area contributed by atoms with Crippen molar-refractivity contribution in [3.8, 4) is 5.69 Å². The summed E-state index contributed by atoms with van der Waals surface area (Å²) in [4.78, 5) is 26.5. The number of halogens is 2. The molecule has 6 nitrogen and oxygen atoms in total. The lowest BCUT2D eigenvalue weighted by Crippen LogP contribution is -2.33. The number of benzene rings is 2. The molecule has 1 aliphatic heterocycles. The van der Waals surface area contributed by atoms with Gasteiger partial charge in [-0.15, -0.1) is 0 Å². The molecule has 1 aromatic heterocycles. The molecule has 0 saturated carbocycles. The predicted molar refractivity (Wildman–Crippen MR) is 114 cm³/mol. The van der Waals surface area contributed by atoms with Gasteiger partial charge in [0, 0.05) is 24.8 Å². The van der Waals surface area contributed by atoms with E-state index >= 15 is 0 Å². The maximum Gasteiger partial charge on any atom is 0.260 e. The lowest BCUT2D eigenvalue weighted by molar-refractivity contribution is -0.116. The fraction of sp³-hybridized carbons (Fsp3) is 0.227. The van der Waals surface area contributed by atoms with E-state index in [4.69, 9.17) is 11.6 Å². The molecule has 0 atom stereocenters. The maximum absolute atomic E-state index is 13.2. The van der Waals surface area contributed by atoms with Crippen LogP contribution in [0.3, 0.4) is 0 Å². The maximum atomic E-state index is 13.2. The van der Waals surface area contributed by atoms with Crippen LogP contribution in [-0.4, -0.2) is 28.1 Å². The molecule has 3 aromatic rings. The number of amides is 2. The molecule has 1 aliphatic rings. The van der Waals surface area contributed by atoms with Crippen LogP contribution in [-0.2, 0) is 11.2 Å². The van der Waals surface area contributed by atoms with Gasteiger partial charge in [-0.3, -0.25) is 9.59 Å². The first-order chi connectivity index (χ1) is 14.3. The fourth-order valence-electron chi connectivity index (χ4n) is 3.71. The third-order valence-corrected chi connectivity index (χ3v) is 5.49. The second-order valence-electron chi connectivity index (χ2n) is 7.21. The van der Waals surface area contributed by atoms with Crippen LogP contribution >= 0.6 is 11.6 Å². The third-order valence-electron chi connectivity index (χ3n) is 5.14. The van der Waals surface area contributed by atoms with Crippen molar-refractivity contribution in [3.63, 3.8) is 0 Å². The Morgan fingerprint density at radius 3 is 2.60 bits per heavy atom. The van der Waals surface area contributed by atoms with Crippen molar-refractivity contribution >= 4 is 34.8 Å². The number of anilines is 2. The Hall–Kier alpha value is -3.19. The molecular weight excluding hydrogens is 407 g/mol. The van der Waals surface area contributed by atoms with Crippen LogP contribution in [0.4, 0.5) is 15.8 Å². The summed E-state index contributed by atoms with van der Waals surface area (Å²) in [6.07, 6.45) is 1.71. The van der Waals surface area contributed by atoms with Gasteiger partial charge in [0.1, 0.15) is 16.5 Å². The zero-order valence-electron chi connectivity index (χ0n) is 16.6. The number of nitrogens with one attached hydrogen (secondary N) is 1. The van der Waals surface area contributed by atoms with Crippen LogP contribution in [0.5, 0.6) is 0 Å². The zero-order valence-corrected chi connectivity index (χ0v) is 17.3. The van der Waals surface area contributed by atoms with E-state index in [1.165, 1.54) is 16.8 Å². The molecular formula is C22H20ClFN4O2. The molecule has 2 aromatic carbocycles. The summed E-state index contributed by atoms with van der Waals surface area (Å²) in [6, 6.07) is 11.2. The van der Waals surface area contributed by atoms with Gasteiger partial charge in [0.25, 0.3) is 5.91 Å². The van der Waals surface area contributed by atoms with E-state index in [2.05, 4.69) is 10.4 Å². The first-order valence-electron chi connectivity index (χ1n) is 9.58. The number of aromatic nitrogens is 2. The van der Waals surface area contributed by atoms with E-state index in [0.29, 0.717) is 23.6 Å². The Morgan fingerprint density at radius 2 is 1.90 bits per heavy atom. The predicted octanol–water partition coefficient (Wildman–Crippen LogP) is 4.52. The van der Waals surface area contributed by atoms with Crippen molar-refractivity contribution in [3.05, 3.63) is 70.3 Å².